The summed E-state index contributed by atoms with van der Waals surface area (Å²) in [4.78, 5) is 15.8. The largest absolute Gasteiger partial charge is 0.390 e. The first-order valence-electron chi connectivity index (χ1n) is 10.1. The van der Waals surface area contributed by atoms with E-state index in [1.165, 1.54) is 0 Å². The molecule has 2 heterocycles. The Bertz CT molecular complexity index is 1080. The second-order valence-corrected chi connectivity index (χ2v) is 8.46. The maximum Gasteiger partial charge on any atom is 0.217 e. The molecule has 0 amide bonds. The van der Waals surface area contributed by atoms with Crippen LogP contribution in [-0.2, 0) is 11.2 Å². The number of hydrogen-bond donors (Lipinski definition) is 4. The third-order valence-corrected chi connectivity index (χ3v) is 5.23. The molecule has 4 N–H and O–H groups in total. The normalized spacial score (nSPS) is 15.9. The van der Waals surface area contributed by atoms with Crippen LogP contribution in [0, 0.1) is 11.9 Å². The summed E-state index contributed by atoms with van der Waals surface area (Å²) in [6.45, 7) is 3.93. The van der Waals surface area contributed by atoms with E-state index in [-0.39, 0.29) is 17.9 Å². The van der Waals surface area contributed by atoms with Crippen LogP contribution in [0.3, 0.4) is 0 Å². The number of aliphatic hydroxyl groups is 1. The number of carbonyl (C=O) groups excluding carboxylic acids is 1. The van der Waals surface area contributed by atoms with Crippen LogP contribution in [-0.4, -0.2) is 28.0 Å². The number of aromatic nitrogens is 1. The number of allylic oxidation sites excluding steroid dienone is 2. The van der Waals surface area contributed by atoms with Crippen molar-refractivity contribution in [3.63, 3.8) is 0 Å². The van der Waals surface area contributed by atoms with Gasteiger partial charge in [0.2, 0.25) is 11.9 Å². The van der Waals surface area contributed by atoms with Crippen molar-refractivity contribution in [2.45, 2.75) is 38.7 Å². The predicted molar refractivity (Wildman–Crippen MR) is 116 cm³/mol. The molecule has 1 aliphatic heterocycles. The number of nitrogens with one attached hydrogen (secondary N) is 3. The molecule has 4 rings (SSSR count). The summed E-state index contributed by atoms with van der Waals surface area (Å²) in [6, 6.07) is 8.09. The lowest BCUT2D eigenvalue weighted by molar-refractivity contribution is -0.115. The van der Waals surface area contributed by atoms with E-state index < -0.39 is 17.5 Å². The van der Waals surface area contributed by atoms with Gasteiger partial charge in [-0.05, 0) is 50.5 Å². The summed E-state index contributed by atoms with van der Waals surface area (Å²) < 4.78 is 26.8. The zero-order valence-electron chi connectivity index (χ0n) is 17.4. The van der Waals surface area contributed by atoms with Crippen LogP contribution in [0.5, 0.6) is 0 Å². The summed E-state index contributed by atoms with van der Waals surface area (Å²) in [7, 11) is 0. The SMILES string of the molecule is CC(C)(O)CCc1ccc2c(c1)NCC1=C(C=C(Nc3cc(F)nc(F)c3)CC1=O)N2. The number of fused-ring (bicyclic) bond motifs is 1. The van der Waals surface area contributed by atoms with E-state index in [4.69, 9.17) is 0 Å². The molecule has 2 aliphatic rings. The van der Waals surface area contributed by atoms with Crippen molar-refractivity contribution in [2.24, 2.45) is 0 Å². The third-order valence-electron chi connectivity index (χ3n) is 5.23. The number of carbonyl (C=O) groups is 1. The summed E-state index contributed by atoms with van der Waals surface area (Å²) in [6.07, 6.45) is 3.25. The van der Waals surface area contributed by atoms with Gasteiger partial charge in [-0.25, -0.2) is 0 Å². The fourth-order valence-electron chi connectivity index (χ4n) is 3.63. The van der Waals surface area contributed by atoms with Crippen molar-refractivity contribution in [3.05, 3.63) is 70.8 Å². The molecule has 1 aromatic carbocycles. The highest BCUT2D eigenvalue weighted by atomic mass is 19.1. The number of hydrogen-bond acceptors (Lipinski definition) is 6. The van der Waals surface area contributed by atoms with E-state index in [0.29, 0.717) is 29.9 Å². The lowest BCUT2D eigenvalue weighted by Crippen LogP contribution is -2.21. The minimum atomic E-state index is -0.934. The average Bonchev–Trinajstić information content (AvgIpc) is 2.84. The van der Waals surface area contributed by atoms with Gasteiger partial charge in [0.25, 0.3) is 0 Å². The first-order valence-corrected chi connectivity index (χ1v) is 10.1. The lowest BCUT2D eigenvalue weighted by Gasteiger charge is -2.19. The molecule has 0 saturated heterocycles. The molecule has 8 heteroatoms. The van der Waals surface area contributed by atoms with E-state index in [1.54, 1.807) is 19.9 Å². The molecule has 0 unspecified atom stereocenters. The standard InChI is InChI=1S/C23H24F2N4O2/c1-23(2,31)6-5-13-3-4-17-19(7-13)26-12-16-18(28-17)8-14(9-20(16)30)27-15-10-21(24)29-22(25)11-15/h3-4,7-8,10-11,26,28,31H,5-6,9,12H2,1-2H3,(H,27,29). The number of benzene rings is 1. The molecule has 0 atom stereocenters. The van der Waals surface area contributed by atoms with Crippen LogP contribution >= 0.6 is 0 Å². The first kappa shape index (κ1) is 21.0. The highest BCUT2D eigenvalue weighted by Crippen LogP contribution is 2.33. The van der Waals surface area contributed by atoms with Gasteiger partial charge in [-0.1, -0.05) is 6.07 Å². The molecule has 31 heavy (non-hydrogen) atoms. The van der Waals surface area contributed by atoms with Gasteiger partial charge < -0.3 is 21.1 Å². The minimum Gasteiger partial charge on any atom is -0.390 e. The summed E-state index contributed by atoms with van der Waals surface area (Å²) in [5.41, 5.74) is 4.03. The average molecular weight is 426 g/mol. The van der Waals surface area contributed by atoms with Crippen molar-refractivity contribution >= 4 is 22.8 Å². The molecule has 0 fully saturated rings. The number of halogens is 2. The van der Waals surface area contributed by atoms with E-state index in [1.807, 2.05) is 18.2 Å². The van der Waals surface area contributed by atoms with E-state index in [2.05, 4.69) is 20.9 Å². The van der Waals surface area contributed by atoms with Crippen molar-refractivity contribution < 1.29 is 18.7 Å². The summed E-state index contributed by atoms with van der Waals surface area (Å²) in [5, 5.41) is 19.5. The van der Waals surface area contributed by atoms with Gasteiger partial charge in [-0.15, -0.1) is 0 Å². The van der Waals surface area contributed by atoms with Crippen LogP contribution < -0.4 is 16.0 Å². The number of ketones is 1. The van der Waals surface area contributed by atoms with Gasteiger partial charge in [0.1, 0.15) is 0 Å². The van der Waals surface area contributed by atoms with Crippen LogP contribution in [0.25, 0.3) is 0 Å². The van der Waals surface area contributed by atoms with Crippen molar-refractivity contribution in [3.8, 4) is 0 Å². The molecule has 0 bridgehead atoms. The topological polar surface area (TPSA) is 86.3 Å². The lowest BCUT2D eigenvalue weighted by atomic mass is 9.98. The van der Waals surface area contributed by atoms with Gasteiger partial charge >= 0.3 is 0 Å². The maximum atomic E-state index is 13.4. The van der Waals surface area contributed by atoms with Gasteiger partial charge in [-0.3, -0.25) is 4.79 Å². The Morgan fingerprint density at radius 1 is 1.16 bits per heavy atom. The quantitative estimate of drug-likeness (QED) is 0.538. The molecule has 2 aromatic rings. The molecular formula is C23H24F2N4O2. The molecule has 1 aromatic heterocycles. The zero-order valence-corrected chi connectivity index (χ0v) is 17.4. The Balaban J connectivity index is 1.55. The van der Waals surface area contributed by atoms with Crippen molar-refractivity contribution in [1.82, 2.24) is 4.98 Å². The monoisotopic (exact) mass is 426 g/mol. The Kier molecular flexibility index (Phi) is 5.49. The Hall–Kier alpha value is -3.26. The second-order valence-electron chi connectivity index (χ2n) is 8.46. The number of rotatable bonds is 5. The number of aryl methyl sites for hydroxylation is 1. The highest BCUT2D eigenvalue weighted by molar-refractivity contribution is 6.02. The van der Waals surface area contributed by atoms with Crippen LogP contribution in [0.1, 0.15) is 32.3 Å². The fourth-order valence-corrected chi connectivity index (χ4v) is 3.63. The summed E-state index contributed by atoms with van der Waals surface area (Å²) in [5.74, 6) is -1.95. The number of Topliss-reactive ketones (excluding diaryl/α,β-unsaturated/α-hetero) is 1. The number of nitrogens with zero attached hydrogens (tertiary/aromatic N) is 1. The predicted octanol–water partition coefficient (Wildman–Crippen LogP) is 4.12. The molecule has 162 valence electrons. The molecule has 0 spiro atoms. The highest BCUT2D eigenvalue weighted by Gasteiger charge is 2.25. The minimum absolute atomic E-state index is 0.0786. The van der Waals surface area contributed by atoms with Gasteiger partial charge in [0, 0.05) is 41.3 Å². The molecule has 6 nitrogen and oxygen atoms in total. The Labute approximate surface area is 179 Å². The van der Waals surface area contributed by atoms with Crippen molar-refractivity contribution in [2.75, 3.05) is 22.5 Å². The smallest absolute Gasteiger partial charge is 0.217 e. The van der Waals surface area contributed by atoms with Crippen molar-refractivity contribution in [1.29, 1.82) is 0 Å². The van der Waals surface area contributed by atoms with Crippen LogP contribution in [0.15, 0.2) is 53.4 Å². The Morgan fingerprint density at radius 2 is 1.90 bits per heavy atom. The zero-order chi connectivity index (χ0) is 22.2. The first-order chi connectivity index (χ1) is 14.7. The van der Waals surface area contributed by atoms with E-state index >= 15 is 0 Å². The summed E-state index contributed by atoms with van der Waals surface area (Å²) >= 11 is 0. The van der Waals surface area contributed by atoms with Crippen LogP contribution in [0.4, 0.5) is 25.8 Å². The molecular weight excluding hydrogens is 402 g/mol. The van der Waals surface area contributed by atoms with E-state index in [0.717, 1.165) is 35.5 Å². The number of anilines is 3. The Morgan fingerprint density at radius 3 is 2.61 bits per heavy atom. The molecule has 0 radical (unpaired) electrons. The molecule has 1 aliphatic carbocycles. The van der Waals surface area contributed by atoms with Crippen LogP contribution in [0.2, 0.25) is 0 Å². The number of pyridine rings is 1. The maximum absolute atomic E-state index is 13.4. The van der Waals surface area contributed by atoms with Gasteiger partial charge in [0.05, 0.1) is 23.4 Å². The van der Waals surface area contributed by atoms with E-state index in [9.17, 15) is 18.7 Å². The molecule has 0 saturated carbocycles. The van der Waals surface area contributed by atoms with Gasteiger partial charge in [-0.2, -0.15) is 13.8 Å². The van der Waals surface area contributed by atoms with Gasteiger partial charge in [0.15, 0.2) is 5.78 Å². The fraction of sp³-hybridized carbons (Fsp3) is 0.304. The third kappa shape index (κ3) is 5.08. The second kappa shape index (κ2) is 8.11.